The number of aliphatic hydroxyl groups excluding tert-OH is 4. The molecular formula is C14H16N4O5S. The number of aliphatic hydroxyl groups is 4. The van der Waals surface area contributed by atoms with E-state index in [9.17, 15) is 30.9 Å². The first-order valence-electron chi connectivity index (χ1n) is 6.95. The molecule has 0 unspecified atom stereocenters. The van der Waals surface area contributed by atoms with Gasteiger partial charge in [0.1, 0.15) is 47.0 Å². The van der Waals surface area contributed by atoms with Gasteiger partial charge < -0.3 is 30.9 Å². The van der Waals surface area contributed by atoms with Gasteiger partial charge in [0.2, 0.25) is 0 Å². The fourth-order valence-corrected chi connectivity index (χ4v) is 3.05. The van der Waals surface area contributed by atoms with Gasteiger partial charge in [-0.3, -0.25) is 4.57 Å². The molecule has 128 valence electrons. The zero-order valence-electron chi connectivity index (χ0n) is 12.6. The quantitative estimate of drug-likeness (QED) is 0.411. The molecule has 1 aromatic heterocycles. The summed E-state index contributed by atoms with van der Waals surface area (Å²) in [7, 11) is 0. The highest BCUT2D eigenvalue weighted by atomic mass is 32.1. The molecule has 10 heteroatoms. The van der Waals surface area contributed by atoms with Crippen LogP contribution in [0, 0.1) is 34.2 Å². The van der Waals surface area contributed by atoms with E-state index in [-0.39, 0.29) is 21.6 Å². The second-order valence-electron chi connectivity index (χ2n) is 5.38. The van der Waals surface area contributed by atoms with E-state index in [0.717, 1.165) is 4.57 Å². The van der Waals surface area contributed by atoms with Crippen molar-refractivity contribution < 1.29 is 25.2 Å². The van der Waals surface area contributed by atoms with Crippen molar-refractivity contribution in [3.05, 3.63) is 21.3 Å². The number of pyridine rings is 1. The number of hydrogen-bond donors (Lipinski definition) is 5. The van der Waals surface area contributed by atoms with E-state index < -0.39 is 37.3 Å². The SMILES string of the molecule is Cc1c(C#N)c(N)n([C@H]2O[C@@H](CO)[C@@H](O)[C@@H](O)[C@H]2O)c(=S)c1C#N. The van der Waals surface area contributed by atoms with Crippen LogP contribution in [0.25, 0.3) is 0 Å². The second-order valence-corrected chi connectivity index (χ2v) is 5.77. The minimum Gasteiger partial charge on any atom is -0.394 e. The van der Waals surface area contributed by atoms with Gasteiger partial charge in [-0.15, -0.1) is 0 Å². The van der Waals surface area contributed by atoms with Crippen molar-refractivity contribution in [2.24, 2.45) is 0 Å². The molecule has 1 aliphatic heterocycles. The van der Waals surface area contributed by atoms with Crippen LogP contribution in [-0.2, 0) is 4.74 Å². The van der Waals surface area contributed by atoms with Crippen molar-refractivity contribution in [2.45, 2.75) is 37.6 Å². The first-order valence-corrected chi connectivity index (χ1v) is 7.36. The monoisotopic (exact) mass is 352 g/mol. The van der Waals surface area contributed by atoms with Gasteiger partial charge in [0.05, 0.1) is 17.7 Å². The molecule has 0 bridgehead atoms. The molecule has 1 aliphatic rings. The maximum atomic E-state index is 10.2. The average molecular weight is 352 g/mol. The van der Waals surface area contributed by atoms with E-state index in [1.54, 1.807) is 0 Å². The zero-order valence-corrected chi connectivity index (χ0v) is 13.4. The summed E-state index contributed by atoms with van der Waals surface area (Å²) in [6.07, 6.45) is -7.38. The number of nitrogens with zero attached hydrogens (tertiary/aromatic N) is 3. The van der Waals surface area contributed by atoms with Gasteiger partial charge in [-0.25, -0.2) is 0 Å². The Morgan fingerprint density at radius 3 is 2.25 bits per heavy atom. The van der Waals surface area contributed by atoms with Crippen LogP contribution in [0.2, 0.25) is 0 Å². The van der Waals surface area contributed by atoms with E-state index in [1.165, 1.54) is 6.92 Å². The minimum absolute atomic E-state index is 0.00714. The molecule has 24 heavy (non-hydrogen) atoms. The molecule has 0 aliphatic carbocycles. The van der Waals surface area contributed by atoms with Crippen LogP contribution in [0.3, 0.4) is 0 Å². The molecular weight excluding hydrogens is 336 g/mol. The molecule has 0 spiro atoms. The Morgan fingerprint density at radius 1 is 1.17 bits per heavy atom. The van der Waals surface area contributed by atoms with Gasteiger partial charge in [-0.2, -0.15) is 10.5 Å². The molecule has 0 radical (unpaired) electrons. The standard InChI is InChI=1S/C14H16N4O5S/c1-5-6(2-15)12(17)18(14(24)7(5)3-16)13-11(22)10(21)9(20)8(4-19)23-13/h8-11,13,19-22H,4,17H2,1H3/t8-,9+,10+,11+,13-/m0/s1. The van der Waals surface area contributed by atoms with Crippen LogP contribution in [0.4, 0.5) is 5.82 Å². The number of nitrogen functional groups attached to an aromatic ring is 1. The molecule has 1 saturated heterocycles. The Kier molecular flexibility index (Phi) is 5.20. The summed E-state index contributed by atoms with van der Waals surface area (Å²) in [5.41, 5.74) is 6.23. The Hall–Kier alpha value is -2.05. The lowest BCUT2D eigenvalue weighted by Gasteiger charge is -2.41. The van der Waals surface area contributed by atoms with E-state index in [2.05, 4.69) is 0 Å². The lowest BCUT2D eigenvalue weighted by Crippen LogP contribution is -2.56. The number of aromatic nitrogens is 1. The van der Waals surface area contributed by atoms with Gasteiger partial charge in [-0.05, 0) is 12.5 Å². The first-order chi connectivity index (χ1) is 11.3. The number of rotatable bonds is 2. The Labute approximate surface area is 142 Å². The third-order valence-corrected chi connectivity index (χ3v) is 4.44. The van der Waals surface area contributed by atoms with E-state index in [0.29, 0.717) is 5.56 Å². The fourth-order valence-electron chi connectivity index (χ4n) is 2.65. The van der Waals surface area contributed by atoms with Crippen LogP contribution in [0.15, 0.2) is 0 Å². The van der Waals surface area contributed by atoms with Gasteiger partial charge >= 0.3 is 0 Å². The van der Waals surface area contributed by atoms with Gasteiger partial charge in [0, 0.05) is 0 Å². The molecule has 1 fully saturated rings. The Balaban J connectivity index is 2.71. The summed E-state index contributed by atoms with van der Waals surface area (Å²) >= 11 is 5.20. The largest absolute Gasteiger partial charge is 0.394 e. The third-order valence-electron chi connectivity index (χ3n) is 4.04. The van der Waals surface area contributed by atoms with Crippen LogP contribution >= 0.6 is 12.2 Å². The third kappa shape index (κ3) is 2.65. The molecule has 2 rings (SSSR count). The topological polar surface area (TPSA) is 169 Å². The Morgan fingerprint density at radius 2 is 1.75 bits per heavy atom. The molecule has 5 atom stereocenters. The summed E-state index contributed by atoms with van der Waals surface area (Å²) in [4.78, 5) is 0. The first kappa shape index (κ1) is 18.3. The lowest BCUT2D eigenvalue weighted by atomic mass is 9.97. The van der Waals surface area contributed by atoms with Gasteiger partial charge in [-0.1, -0.05) is 12.2 Å². The number of ether oxygens (including phenoxy) is 1. The van der Waals surface area contributed by atoms with E-state index >= 15 is 0 Å². The van der Waals surface area contributed by atoms with Gasteiger partial charge in [0.15, 0.2) is 6.23 Å². The summed E-state index contributed by atoms with van der Waals surface area (Å²) in [6, 6.07) is 3.74. The molecule has 9 nitrogen and oxygen atoms in total. The highest BCUT2D eigenvalue weighted by Crippen LogP contribution is 2.33. The smallest absolute Gasteiger partial charge is 0.165 e. The predicted octanol–water partition coefficient (Wildman–Crippen LogP) is -1.18. The van der Waals surface area contributed by atoms with Crippen molar-refractivity contribution in [2.75, 3.05) is 12.3 Å². The fraction of sp³-hybridized carbons (Fsp3) is 0.500. The number of anilines is 1. The molecule has 0 saturated carbocycles. The highest BCUT2D eigenvalue weighted by molar-refractivity contribution is 7.71. The van der Waals surface area contributed by atoms with Crippen molar-refractivity contribution in [3.8, 4) is 12.1 Å². The summed E-state index contributed by atoms with van der Waals surface area (Å²) in [5, 5.41) is 57.8. The molecule has 2 heterocycles. The summed E-state index contributed by atoms with van der Waals surface area (Å²) in [5.74, 6) is -0.150. The maximum absolute atomic E-state index is 10.2. The van der Waals surface area contributed by atoms with Crippen molar-refractivity contribution >= 4 is 18.0 Å². The predicted molar refractivity (Wildman–Crippen MR) is 82.9 cm³/mol. The summed E-state index contributed by atoms with van der Waals surface area (Å²) in [6.45, 7) is 0.887. The van der Waals surface area contributed by atoms with Crippen LogP contribution in [0.5, 0.6) is 0 Å². The molecule has 1 aromatic rings. The average Bonchev–Trinajstić information content (AvgIpc) is 2.55. The number of hydrogen-bond acceptors (Lipinski definition) is 9. The highest BCUT2D eigenvalue weighted by Gasteiger charge is 2.45. The molecule has 0 aromatic carbocycles. The summed E-state index contributed by atoms with van der Waals surface area (Å²) < 4.78 is 6.36. The van der Waals surface area contributed by atoms with Gasteiger partial charge in [0.25, 0.3) is 0 Å². The number of nitrogens with two attached hydrogens (primary N) is 1. The molecule has 6 N–H and O–H groups in total. The van der Waals surface area contributed by atoms with Crippen molar-refractivity contribution in [1.29, 1.82) is 10.5 Å². The minimum atomic E-state index is -1.64. The van der Waals surface area contributed by atoms with E-state index in [4.69, 9.17) is 22.7 Å². The van der Waals surface area contributed by atoms with Crippen LogP contribution < -0.4 is 5.73 Å². The Bertz CT molecular complexity index is 794. The van der Waals surface area contributed by atoms with Crippen LogP contribution in [0.1, 0.15) is 22.9 Å². The normalized spacial score (nSPS) is 29.7. The number of nitriles is 2. The second kappa shape index (κ2) is 6.83. The van der Waals surface area contributed by atoms with Crippen molar-refractivity contribution in [1.82, 2.24) is 4.57 Å². The maximum Gasteiger partial charge on any atom is 0.165 e. The van der Waals surface area contributed by atoms with Crippen molar-refractivity contribution in [3.63, 3.8) is 0 Å². The van der Waals surface area contributed by atoms with Crippen LogP contribution in [-0.4, -0.2) is 56.0 Å². The molecule has 0 amide bonds. The van der Waals surface area contributed by atoms with E-state index in [1.807, 2.05) is 12.1 Å². The zero-order chi connectivity index (χ0) is 18.2. The lowest BCUT2D eigenvalue weighted by molar-refractivity contribution is -0.251.